The predicted octanol–water partition coefficient (Wildman–Crippen LogP) is 6.76. The summed E-state index contributed by atoms with van der Waals surface area (Å²) in [6.45, 7) is 0.533. The fraction of sp³-hybridized carbons (Fsp3) is 0.268. The van der Waals surface area contributed by atoms with Crippen LogP contribution in [0.3, 0.4) is 0 Å². The Morgan fingerprint density at radius 3 is 2.35 bits per heavy atom. The molecule has 2 aliphatic rings. The van der Waals surface area contributed by atoms with Crippen molar-refractivity contribution in [3.63, 3.8) is 0 Å². The third-order valence-corrected chi connectivity index (χ3v) is 9.45. The van der Waals surface area contributed by atoms with Crippen LogP contribution in [0, 0.1) is 5.82 Å². The summed E-state index contributed by atoms with van der Waals surface area (Å²) in [4.78, 5) is 45.1. The highest BCUT2D eigenvalue weighted by Crippen LogP contribution is 2.37. The molecule has 16 heteroatoms. The van der Waals surface area contributed by atoms with Gasteiger partial charge in [-0.1, -0.05) is 24.3 Å². The second-order valence-corrected chi connectivity index (χ2v) is 13.3. The fourth-order valence-corrected chi connectivity index (χ4v) is 6.41. The number of aromatic amines is 1. The van der Waals surface area contributed by atoms with E-state index in [2.05, 4.69) is 15.3 Å². The van der Waals surface area contributed by atoms with Gasteiger partial charge < -0.3 is 33.6 Å². The first-order chi connectivity index (χ1) is 27.4. The monoisotopic (exact) mass is 788 g/mol. The van der Waals surface area contributed by atoms with E-state index in [1.54, 1.807) is 61.7 Å². The summed E-state index contributed by atoms with van der Waals surface area (Å²) in [5, 5.41) is 2.28. The van der Waals surface area contributed by atoms with Crippen molar-refractivity contribution in [2.45, 2.75) is 51.4 Å². The number of aromatic nitrogens is 2. The third kappa shape index (κ3) is 9.18. The number of fused-ring (bicyclic) bond motifs is 1. The van der Waals surface area contributed by atoms with E-state index in [-0.39, 0.29) is 87.1 Å². The molecule has 0 saturated carbocycles. The number of methoxy groups -OCH3 is 1. The van der Waals surface area contributed by atoms with Crippen molar-refractivity contribution in [1.82, 2.24) is 20.2 Å². The molecule has 2 N–H and O–H groups in total. The average molecular weight is 789 g/mol. The normalized spacial score (nSPS) is 15.4. The quantitative estimate of drug-likeness (QED) is 0.0669. The molecule has 2 aromatic heterocycles. The Balaban J connectivity index is 0.910. The van der Waals surface area contributed by atoms with E-state index in [1.165, 1.54) is 23.2 Å². The number of imide groups is 1. The molecular formula is C41H36F4N4O8. The smallest absolute Gasteiger partial charge is 0.417 e. The van der Waals surface area contributed by atoms with Crippen molar-refractivity contribution < 1.29 is 55.6 Å². The third-order valence-electron chi connectivity index (χ3n) is 9.45. The summed E-state index contributed by atoms with van der Waals surface area (Å²) in [7, 11) is 1.55. The second kappa shape index (κ2) is 16.8. The zero-order valence-corrected chi connectivity index (χ0v) is 30.5. The van der Waals surface area contributed by atoms with Gasteiger partial charge in [-0.3, -0.25) is 19.7 Å². The Hall–Kier alpha value is -6.42. The van der Waals surface area contributed by atoms with Gasteiger partial charge in [0.15, 0.2) is 0 Å². The Bertz CT molecular complexity index is 2280. The Labute approximate surface area is 323 Å². The van der Waals surface area contributed by atoms with Gasteiger partial charge in [-0.25, -0.2) is 9.37 Å². The summed E-state index contributed by atoms with van der Waals surface area (Å²) in [5.74, 6) is -0.127. The van der Waals surface area contributed by atoms with Gasteiger partial charge in [0.2, 0.25) is 17.7 Å². The lowest BCUT2D eigenvalue weighted by Gasteiger charge is -2.29. The molecule has 0 bridgehead atoms. The molecule has 0 aliphatic carbocycles. The molecule has 296 valence electrons. The number of piperidine rings is 1. The molecule has 3 aromatic carbocycles. The first-order valence-corrected chi connectivity index (χ1v) is 17.8. The molecule has 0 spiro atoms. The molecule has 5 aromatic rings. The van der Waals surface area contributed by atoms with E-state index in [9.17, 15) is 27.6 Å². The molecular weight excluding hydrogens is 752 g/mol. The van der Waals surface area contributed by atoms with Gasteiger partial charge in [-0.2, -0.15) is 13.2 Å². The number of carbonyl (C=O) groups is 3. The van der Waals surface area contributed by atoms with Crippen LogP contribution in [0.2, 0.25) is 0 Å². The van der Waals surface area contributed by atoms with E-state index < -0.39 is 29.5 Å². The number of hydrogen-bond acceptors (Lipinski definition) is 9. The van der Waals surface area contributed by atoms with Crippen molar-refractivity contribution in [2.24, 2.45) is 0 Å². The zero-order valence-electron chi connectivity index (χ0n) is 30.5. The van der Waals surface area contributed by atoms with Crippen LogP contribution < -0.4 is 24.3 Å². The van der Waals surface area contributed by atoms with E-state index >= 15 is 4.39 Å². The van der Waals surface area contributed by atoms with Crippen molar-refractivity contribution in [3.05, 3.63) is 124 Å². The molecule has 4 heterocycles. The number of nitrogens with one attached hydrogen (secondary N) is 2. The maximum absolute atomic E-state index is 15.1. The molecule has 0 radical (unpaired) electrons. The number of benzene rings is 3. The number of pyridine rings is 1. The minimum atomic E-state index is -4.54. The van der Waals surface area contributed by atoms with Crippen LogP contribution in [0.25, 0.3) is 11.3 Å². The van der Waals surface area contributed by atoms with Gasteiger partial charge in [0.25, 0.3) is 5.91 Å². The van der Waals surface area contributed by atoms with E-state index in [4.69, 9.17) is 23.7 Å². The van der Waals surface area contributed by atoms with Crippen LogP contribution in [-0.2, 0) is 46.9 Å². The number of hydrogen-bond donors (Lipinski definition) is 2. The summed E-state index contributed by atoms with van der Waals surface area (Å²) < 4.78 is 83.5. The molecule has 1 unspecified atom stereocenters. The largest absolute Gasteiger partial charge is 0.497 e. The van der Waals surface area contributed by atoms with Gasteiger partial charge >= 0.3 is 6.18 Å². The lowest BCUT2D eigenvalue weighted by molar-refractivity contribution is -0.138. The number of amides is 3. The molecule has 1 fully saturated rings. The maximum Gasteiger partial charge on any atom is 0.417 e. The highest BCUT2D eigenvalue weighted by Gasteiger charge is 2.39. The van der Waals surface area contributed by atoms with Gasteiger partial charge in [0.1, 0.15) is 48.9 Å². The fourth-order valence-electron chi connectivity index (χ4n) is 6.41. The van der Waals surface area contributed by atoms with Crippen LogP contribution in [0.4, 0.5) is 17.6 Å². The summed E-state index contributed by atoms with van der Waals surface area (Å²) in [6, 6.07) is 18.4. The molecule has 57 heavy (non-hydrogen) atoms. The topological polar surface area (TPSA) is 141 Å². The molecule has 2 aliphatic heterocycles. The first-order valence-electron chi connectivity index (χ1n) is 17.8. The Morgan fingerprint density at radius 2 is 1.61 bits per heavy atom. The van der Waals surface area contributed by atoms with E-state index in [1.807, 2.05) is 0 Å². The van der Waals surface area contributed by atoms with Crippen molar-refractivity contribution in [1.29, 1.82) is 0 Å². The number of H-pyrrole nitrogens is 1. The van der Waals surface area contributed by atoms with E-state index in [0.29, 0.717) is 33.8 Å². The lowest BCUT2D eigenvalue weighted by atomic mass is 10.0. The number of nitrogens with zero attached hydrogens (tertiary/aromatic N) is 2. The van der Waals surface area contributed by atoms with Gasteiger partial charge in [-0.15, -0.1) is 0 Å². The predicted molar refractivity (Wildman–Crippen MR) is 195 cm³/mol. The number of rotatable bonds is 15. The van der Waals surface area contributed by atoms with Crippen LogP contribution >= 0.6 is 0 Å². The lowest BCUT2D eigenvalue weighted by Crippen LogP contribution is -2.52. The molecule has 12 nitrogen and oxygen atoms in total. The molecule has 7 rings (SSSR count). The SMILES string of the molecule is COc1ccc(COc2cc(OCc3ccc(COCCOc4ccc5c(c4)CN(C4CCC(=O)NC4=O)C5=O)c(F)c3)ncc2-c2cc(C(F)(F)F)c[nH]2)cc1. The van der Waals surface area contributed by atoms with Crippen molar-refractivity contribution in [2.75, 3.05) is 20.3 Å². The highest BCUT2D eigenvalue weighted by molar-refractivity contribution is 6.05. The van der Waals surface area contributed by atoms with Crippen LogP contribution in [0.5, 0.6) is 23.1 Å². The van der Waals surface area contributed by atoms with E-state index in [0.717, 1.165) is 17.8 Å². The van der Waals surface area contributed by atoms with Gasteiger partial charge in [-0.05, 0) is 65.6 Å². The summed E-state index contributed by atoms with van der Waals surface area (Å²) in [5.41, 5.74) is 2.36. The van der Waals surface area contributed by atoms with Crippen molar-refractivity contribution >= 4 is 17.7 Å². The number of carbonyl (C=O) groups excluding carboxylic acids is 3. The van der Waals surface area contributed by atoms with Gasteiger partial charge in [0, 0.05) is 42.6 Å². The standard InChI is InChI=1S/C41H36F4N4O8/c1-53-29-6-3-24(4-7-29)21-56-36-17-38(47-19-32(36)34-16-28(18-46-34)41(43,44)45)57-22-25-2-5-26(33(42)14-25)23-54-12-13-55-30-8-9-31-27(15-30)20-49(40(31)52)35-10-11-37(50)48-39(35)51/h2-9,14-19,35,46H,10-13,20-23H2,1H3,(H,48,50,51). The van der Waals surface area contributed by atoms with Crippen molar-refractivity contribution in [3.8, 4) is 34.4 Å². The van der Waals surface area contributed by atoms with Crippen LogP contribution in [0.15, 0.2) is 85.2 Å². The minimum absolute atomic E-state index is 0.0252. The first kappa shape index (κ1) is 38.8. The van der Waals surface area contributed by atoms with Crippen LogP contribution in [-0.4, -0.2) is 59.0 Å². The maximum atomic E-state index is 15.1. The second-order valence-electron chi connectivity index (χ2n) is 13.3. The summed E-state index contributed by atoms with van der Waals surface area (Å²) in [6.07, 6.45) is -1.88. The summed E-state index contributed by atoms with van der Waals surface area (Å²) >= 11 is 0. The van der Waals surface area contributed by atoms with Gasteiger partial charge in [0.05, 0.1) is 37.1 Å². The Kier molecular flexibility index (Phi) is 11.4. The highest BCUT2D eigenvalue weighted by atomic mass is 19.4. The minimum Gasteiger partial charge on any atom is -0.497 e. The number of alkyl halides is 3. The number of halogens is 4. The van der Waals surface area contributed by atoms with Crippen LogP contribution in [0.1, 0.15) is 51.0 Å². The zero-order chi connectivity index (χ0) is 40.1. The number of ether oxygens (including phenoxy) is 5. The molecule has 1 saturated heterocycles. The average Bonchev–Trinajstić information content (AvgIpc) is 3.82. The molecule has 3 amide bonds. The molecule has 1 atom stereocenters. The Morgan fingerprint density at radius 1 is 0.842 bits per heavy atom.